The van der Waals surface area contributed by atoms with E-state index >= 15 is 0 Å². The maximum atomic E-state index is 12.3. The summed E-state index contributed by atoms with van der Waals surface area (Å²) < 4.78 is 27.1. The van der Waals surface area contributed by atoms with Crippen molar-refractivity contribution in [3.63, 3.8) is 0 Å². The third-order valence-corrected chi connectivity index (χ3v) is 5.28. The van der Waals surface area contributed by atoms with Crippen molar-refractivity contribution in [1.82, 2.24) is 4.98 Å². The Kier molecular flexibility index (Phi) is 7.81. The minimum Gasteiger partial charge on any atom is -0.325 e. The van der Waals surface area contributed by atoms with Crippen LogP contribution in [0.1, 0.15) is 20.3 Å². The van der Waals surface area contributed by atoms with Gasteiger partial charge in [-0.05, 0) is 30.5 Å². The Hall–Kier alpha value is -1.68. The summed E-state index contributed by atoms with van der Waals surface area (Å²) in [5.41, 5.74) is 6.21. The van der Waals surface area contributed by atoms with E-state index < -0.39 is 16.1 Å². The second-order valence-corrected chi connectivity index (χ2v) is 8.27. The third kappa shape index (κ3) is 6.28. The largest absolute Gasteiger partial charge is 0.325 e. The van der Waals surface area contributed by atoms with Crippen LogP contribution < -0.4 is 15.8 Å². The maximum Gasteiger partial charge on any atom is 0.263 e. The minimum absolute atomic E-state index is 0. The molecule has 0 aliphatic rings. The molecule has 0 aliphatic carbocycles. The molecule has 0 bridgehead atoms. The number of carbonyl (C=O) groups excluding carboxylic acids is 1. The van der Waals surface area contributed by atoms with Crippen molar-refractivity contribution >= 4 is 50.5 Å². The lowest BCUT2D eigenvalue weighted by molar-refractivity contribution is -0.117. The molecule has 10 heteroatoms. The van der Waals surface area contributed by atoms with Gasteiger partial charge in [-0.25, -0.2) is 13.4 Å². The van der Waals surface area contributed by atoms with Gasteiger partial charge in [0.15, 0.2) is 5.13 Å². The van der Waals surface area contributed by atoms with E-state index in [0.29, 0.717) is 18.0 Å². The van der Waals surface area contributed by atoms with Gasteiger partial charge >= 0.3 is 0 Å². The molecule has 4 N–H and O–H groups in total. The highest BCUT2D eigenvalue weighted by atomic mass is 35.5. The summed E-state index contributed by atoms with van der Waals surface area (Å²) in [6.45, 7) is 3.95. The summed E-state index contributed by atoms with van der Waals surface area (Å²) in [4.78, 5) is 16.0. The number of halogens is 1. The van der Waals surface area contributed by atoms with E-state index in [1.165, 1.54) is 29.7 Å². The Balaban J connectivity index is 0.00000312. The summed E-state index contributed by atoms with van der Waals surface area (Å²) in [7, 11) is -3.77. The van der Waals surface area contributed by atoms with E-state index in [0.717, 1.165) is 0 Å². The van der Waals surface area contributed by atoms with Crippen LogP contribution in [-0.2, 0) is 14.8 Å². The van der Waals surface area contributed by atoms with Crippen LogP contribution in [0.25, 0.3) is 0 Å². The van der Waals surface area contributed by atoms with Crippen molar-refractivity contribution in [2.75, 3.05) is 10.0 Å². The second-order valence-electron chi connectivity index (χ2n) is 5.70. The number of nitrogens with one attached hydrogen (secondary N) is 2. The van der Waals surface area contributed by atoms with Crippen LogP contribution in [0.5, 0.6) is 0 Å². The number of carbonyl (C=O) groups is 1. The summed E-state index contributed by atoms with van der Waals surface area (Å²) in [5, 5.41) is 4.60. The highest BCUT2D eigenvalue weighted by Gasteiger charge is 2.18. The van der Waals surface area contributed by atoms with Crippen LogP contribution in [0.4, 0.5) is 10.8 Å². The Morgan fingerprint density at radius 2 is 2.08 bits per heavy atom. The van der Waals surface area contributed by atoms with E-state index in [1.54, 1.807) is 17.5 Å². The first kappa shape index (κ1) is 21.4. The third-order valence-electron chi connectivity index (χ3n) is 3.13. The van der Waals surface area contributed by atoms with Gasteiger partial charge in [0.2, 0.25) is 5.91 Å². The summed E-state index contributed by atoms with van der Waals surface area (Å²) >= 11 is 1.18. The van der Waals surface area contributed by atoms with Crippen LogP contribution in [0.3, 0.4) is 0 Å². The van der Waals surface area contributed by atoms with Gasteiger partial charge in [-0.15, -0.1) is 23.7 Å². The van der Waals surface area contributed by atoms with Crippen molar-refractivity contribution in [3.05, 3.63) is 35.8 Å². The van der Waals surface area contributed by atoms with E-state index in [4.69, 9.17) is 5.73 Å². The lowest BCUT2D eigenvalue weighted by atomic mass is 10.0. The van der Waals surface area contributed by atoms with E-state index in [2.05, 4.69) is 15.0 Å². The quantitative estimate of drug-likeness (QED) is 0.656. The number of anilines is 2. The molecule has 0 saturated heterocycles. The first-order valence-electron chi connectivity index (χ1n) is 7.37. The average Bonchev–Trinajstić information content (AvgIpc) is 2.99. The fourth-order valence-electron chi connectivity index (χ4n) is 2.04. The highest BCUT2D eigenvalue weighted by molar-refractivity contribution is 7.93. The van der Waals surface area contributed by atoms with Crippen LogP contribution in [0.2, 0.25) is 0 Å². The Morgan fingerprint density at radius 1 is 1.36 bits per heavy atom. The Morgan fingerprint density at radius 3 is 2.68 bits per heavy atom. The molecule has 0 saturated carbocycles. The van der Waals surface area contributed by atoms with Crippen molar-refractivity contribution in [3.8, 4) is 0 Å². The van der Waals surface area contributed by atoms with Gasteiger partial charge in [-0.1, -0.05) is 19.9 Å². The topological polar surface area (TPSA) is 114 Å². The molecule has 7 nitrogen and oxygen atoms in total. The predicted molar refractivity (Wildman–Crippen MR) is 103 cm³/mol. The number of thiazole rings is 1. The number of rotatable bonds is 7. The lowest BCUT2D eigenvalue weighted by Crippen LogP contribution is -2.36. The van der Waals surface area contributed by atoms with Gasteiger partial charge in [0.05, 0.1) is 10.9 Å². The molecule has 1 heterocycles. The molecule has 1 amide bonds. The molecule has 2 rings (SSSR count). The van der Waals surface area contributed by atoms with E-state index in [1.807, 2.05) is 13.8 Å². The molecule has 138 valence electrons. The second kappa shape index (κ2) is 9.14. The minimum atomic E-state index is -3.77. The first-order chi connectivity index (χ1) is 11.3. The van der Waals surface area contributed by atoms with Gasteiger partial charge in [-0.3, -0.25) is 9.52 Å². The van der Waals surface area contributed by atoms with Gasteiger partial charge < -0.3 is 11.1 Å². The standard InChI is InChI=1S/C15H20N4O3S2.ClH/c1-10(2)8-13(16)14(20)18-11-4-3-5-12(9-11)24(21,22)19-15-17-6-7-23-15;/h3-7,9-10,13H,8,16H2,1-2H3,(H,17,19)(H,18,20);1H/t13-;/m0./s1. The molecular formula is C15H21ClN4O3S2. The SMILES string of the molecule is CC(C)C[C@H](N)C(=O)Nc1cccc(S(=O)(=O)Nc2nccs2)c1.Cl. The summed E-state index contributed by atoms with van der Waals surface area (Å²) in [6.07, 6.45) is 2.06. The zero-order valence-corrected chi connectivity index (χ0v) is 16.2. The molecule has 25 heavy (non-hydrogen) atoms. The molecule has 1 aromatic carbocycles. The number of sulfonamides is 1. The van der Waals surface area contributed by atoms with Crippen molar-refractivity contribution in [1.29, 1.82) is 0 Å². The van der Waals surface area contributed by atoms with Crippen LogP contribution >= 0.6 is 23.7 Å². The van der Waals surface area contributed by atoms with Gasteiger partial charge in [0.1, 0.15) is 0 Å². The van der Waals surface area contributed by atoms with E-state index in [-0.39, 0.29) is 28.3 Å². The Labute approximate surface area is 157 Å². The van der Waals surface area contributed by atoms with Crippen LogP contribution in [0.15, 0.2) is 40.7 Å². The fraction of sp³-hybridized carbons (Fsp3) is 0.333. The van der Waals surface area contributed by atoms with Crippen molar-refractivity contribution in [2.24, 2.45) is 11.7 Å². The van der Waals surface area contributed by atoms with Crippen molar-refractivity contribution in [2.45, 2.75) is 31.2 Å². The number of aromatic nitrogens is 1. The van der Waals surface area contributed by atoms with Crippen molar-refractivity contribution < 1.29 is 13.2 Å². The molecular weight excluding hydrogens is 384 g/mol. The number of amides is 1. The predicted octanol–water partition coefficient (Wildman–Crippen LogP) is 2.68. The molecule has 1 atom stereocenters. The summed E-state index contributed by atoms with van der Waals surface area (Å²) in [5.74, 6) is -0.0499. The highest BCUT2D eigenvalue weighted by Crippen LogP contribution is 2.20. The van der Waals surface area contributed by atoms with Crippen LogP contribution in [-0.4, -0.2) is 25.4 Å². The monoisotopic (exact) mass is 404 g/mol. The van der Waals surface area contributed by atoms with Gasteiger partial charge in [0, 0.05) is 17.3 Å². The number of benzene rings is 1. The number of hydrogen-bond donors (Lipinski definition) is 3. The zero-order valence-electron chi connectivity index (χ0n) is 13.8. The molecule has 1 aromatic heterocycles. The smallest absolute Gasteiger partial charge is 0.263 e. The fourth-order valence-corrected chi connectivity index (χ4v) is 3.87. The van der Waals surface area contributed by atoms with Crippen LogP contribution in [0, 0.1) is 5.92 Å². The van der Waals surface area contributed by atoms with Gasteiger partial charge in [0.25, 0.3) is 10.0 Å². The number of nitrogens with zero attached hydrogens (tertiary/aromatic N) is 1. The van der Waals surface area contributed by atoms with Gasteiger partial charge in [-0.2, -0.15) is 0 Å². The lowest BCUT2D eigenvalue weighted by Gasteiger charge is -2.14. The molecule has 0 unspecified atom stereocenters. The zero-order chi connectivity index (χ0) is 17.7. The number of hydrogen-bond acceptors (Lipinski definition) is 6. The molecule has 0 spiro atoms. The molecule has 0 fully saturated rings. The maximum absolute atomic E-state index is 12.3. The van der Waals surface area contributed by atoms with E-state index in [9.17, 15) is 13.2 Å². The number of nitrogens with two attached hydrogens (primary N) is 1. The Bertz CT molecular complexity index is 795. The molecule has 0 radical (unpaired) electrons. The average molecular weight is 405 g/mol. The normalized spacial score (nSPS) is 12.3. The first-order valence-corrected chi connectivity index (χ1v) is 9.73. The molecule has 2 aromatic rings. The summed E-state index contributed by atoms with van der Waals surface area (Å²) in [6, 6.07) is 5.36. The molecule has 0 aliphatic heterocycles.